The molecule has 6 rings (SSSR count). The largest absolute Gasteiger partial charge is 0.378 e. The third-order valence-electron chi connectivity index (χ3n) is 6.21. The van der Waals surface area contributed by atoms with Crippen molar-refractivity contribution in [3.8, 4) is 0 Å². The number of nitrogens with one attached hydrogen (secondary N) is 2. The number of nitrogens with zero attached hydrogens (tertiary/aromatic N) is 4. The summed E-state index contributed by atoms with van der Waals surface area (Å²) < 4.78 is 13.0. The summed E-state index contributed by atoms with van der Waals surface area (Å²) in [6.45, 7) is 7.95. The van der Waals surface area contributed by atoms with E-state index in [1.54, 1.807) is 17.7 Å². The Morgan fingerprint density at radius 2 is 1.85 bits per heavy atom. The lowest BCUT2D eigenvalue weighted by molar-refractivity contribution is -0.0395. The zero-order valence-electron chi connectivity index (χ0n) is 18.7. The molecule has 9 heteroatoms. The third kappa shape index (κ3) is 3.76. The number of aromatic nitrogens is 3. The lowest BCUT2D eigenvalue weighted by atomic mass is 9.91. The second-order valence-corrected chi connectivity index (χ2v) is 10.0. The maximum absolute atomic E-state index is 6.21. The topological polar surface area (TPSA) is 84.4 Å². The van der Waals surface area contributed by atoms with Crippen LogP contribution in [0, 0.1) is 0 Å². The van der Waals surface area contributed by atoms with Crippen LogP contribution in [0.3, 0.4) is 0 Å². The van der Waals surface area contributed by atoms with Gasteiger partial charge in [0.1, 0.15) is 17.0 Å². The number of hydrogen-bond acceptors (Lipinski definition) is 9. The second-order valence-electron chi connectivity index (χ2n) is 9.02. The first-order chi connectivity index (χ1) is 16.1. The highest BCUT2D eigenvalue weighted by Crippen LogP contribution is 2.44. The summed E-state index contributed by atoms with van der Waals surface area (Å²) in [7, 11) is 0. The van der Waals surface area contributed by atoms with Crippen molar-refractivity contribution in [3.63, 3.8) is 0 Å². The van der Waals surface area contributed by atoms with Gasteiger partial charge in [0, 0.05) is 25.1 Å². The number of para-hydroxylation sites is 1. The molecule has 1 fully saturated rings. The Labute approximate surface area is 195 Å². The van der Waals surface area contributed by atoms with Gasteiger partial charge in [-0.05, 0) is 31.5 Å². The first kappa shape index (κ1) is 20.6. The van der Waals surface area contributed by atoms with Crippen molar-refractivity contribution < 1.29 is 9.47 Å². The molecule has 3 aromatic heterocycles. The van der Waals surface area contributed by atoms with Crippen molar-refractivity contribution in [1.82, 2.24) is 15.0 Å². The molecule has 0 atom stereocenters. The van der Waals surface area contributed by atoms with Gasteiger partial charge in [-0.3, -0.25) is 10.9 Å². The van der Waals surface area contributed by atoms with E-state index in [0.29, 0.717) is 19.8 Å². The molecule has 2 N–H and O–H groups in total. The summed E-state index contributed by atoms with van der Waals surface area (Å²) in [5, 5.41) is 0.947. The molecule has 0 spiro atoms. The highest BCUT2D eigenvalue weighted by molar-refractivity contribution is 7.25. The standard InChI is InChI=1S/C24H26N6O2S/c1-24(2)12-16-17(13-32-24)22(30-8-10-31-11-9-30)27-19-18-21(25-14-26-23(18)33-20(16)19)29-28-15-6-4-3-5-7-15/h3-7,14,28H,8-13H2,1-2H3,(H,25,26,29). The fourth-order valence-electron chi connectivity index (χ4n) is 4.54. The molecule has 1 aromatic carbocycles. The fourth-order valence-corrected chi connectivity index (χ4v) is 5.69. The Kier molecular flexibility index (Phi) is 5.05. The second kappa shape index (κ2) is 8.09. The maximum atomic E-state index is 6.21. The van der Waals surface area contributed by atoms with E-state index < -0.39 is 0 Å². The summed E-state index contributed by atoms with van der Waals surface area (Å²) in [5.41, 5.74) is 10.7. The van der Waals surface area contributed by atoms with Crippen LogP contribution < -0.4 is 15.8 Å². The SMILES string of the molecule is CC1(C)Cc2c(c(N3CCOCC3)nc3c2sc2ncnc(NNc4ccccc4)c23)CO1. The third-order valence-corrected chi connectivity index (χ3v) is 7.36. The Morgan fingerprint density at radius 1 is 1.03 bits per heavy atom. The van der Waals surface area contributed by atoms with Crippen LogP contribution >= 0.6 is 11.3 Å². The monoisotopic (exact) mass is 462 g/mol. The number of thiophene rings is 1. The smallest absolute Gasteiger partial charge is 0.158 e. The molecule has 5 heterocycles. The lowest BCUT2D eigenvalue weighted by Crippen LogP contribution is -2.39. The molecular weight excluding hydrogens is 436 g/mol. The van der Waals surface area contributed by atoms with Crippen LogP contribution in [0.25, 0.3) is 20.4 Å². The molecule has 0 aliphatic carbocycles. The van der Waals surface area contributed by atoms with E-state index in [4.69, 9.17) is 14.5 Å². The molecule has 170 valence electrons. The number of ether oxygens (including phenoxy) is 2. The number of rotatable bonds is 4. The number of hydrogen-bond donors (Lipinski definition) is 2. The zero-order valence-corrected chi connectivity index (χ0v) is 19.5. The Hall–Kier alpha value is -3.01. The number of morpholine rings is 1. The minimum absolute atomic E-state index is 0.221. The predicted molar refractivity (Wildman–Crippen MR) is 132 cm³/mol. The van der Waals surface area contributed by atoms with E-state index in [2.05, 4.69) is 39.6 Å². The fraction of sp³-hybridized carbons (Fsp3) is 0.375. The first-order valence-corrected chi connectivity index (χ1v) is 12.0. The number of fused-ring (bicyclic) bond motifs is 5. The number of anilines is 3. The van der Waals surface area contributed by atoms with Gasteiger partial charge in [0.05, 0.1) is 46.7 Å². The maximum Gasteiger partial charge on any atom is 0.158 e. The molecule has 33 heavy (non-hydrogen) atoms. The average molecular weight is 463 g/mol. The van der Waals surface area contributed by atoms with Crippen LogP contribution in [-0.2, 0) is 22.5 Å². The van der Waals surface area contributed by atoms with Crippen LogP contribution in [-0.4, -0.2) is 46.9 Å². The zero-order chi connectivity index (χ0) is 22.4. The van der Waals surface area contributed by atoms with Gasteiger partial charge < -0.3 is 14.4 Å². The molecule has 2 aliphatic rings. The molecule has 0 radical (unpaired) electrons. The summed E-state index contributed by atoms with van der Waals surface area (Å²) in [6.07, 6.45) is 2.44. The Bertz CT molecular complexity index is 1320. The van der Waals surface area contributed by atoms with Crippen molar-refractivity contribution >= 4 is 49.1 Å². The van der Waals surface area contributed by atoms with Crippen molar-refractivity contribution in [1.29, 1.82) is 0 Å². The van der Waals surface area contributed by atoms with E-state index in [9.17, 15) is 0 Å². The Morgan fingerprint density at radius 3 is 2.67 bits per heavy atom. The van der Waals surface area contributed by atoms with E-state index in [1.165, 1.54) is 15.8 Å². The predicted octanol–water partition coefficient (Wildman–Crippen LogP) is 4.37. The van der Waals surface area contributed by atoms with Crippen molar-refractivity contribution in [2.24, 2.45) is 0 Å². The molecule has 8 nitrogen and oxygen atoms in total. The van der Waals surface area contributed by atoms with E-state index >= 15 is 0 Å². The summed E-state index contributed by atoms with van der Waals surface area (Å²) >= 11 is 1.69. The Balaban J connectivity index is 1.52. The summed E-state index contributed by atoms with van der Waals surface area (Å²) in [5.74, 6) is 1.73. The highest BCUT2D eigenvalue weighted by Gasteiger charge is 2.33. The molecule has 4 aromatic rings. The average Bonchev–Trinajstić information content (AvgIpc) is 3.22. The molecule has 2 aliphatic heterocycles. The van der Waals surface area contributed by atoms with Gasteiger partial charge in [0.15, 0.2) is 5.82 Å². The molecule has 0 unspecified atom stereocenters. The van der Waals surface area contributed by atoms with Crippen LogP contribution in [0.15, 0.2) is 36.7 Å². The van der Waals surface area contributed by atoms with Crippen molar-refractivity contribution in [2.45, 2.75) is 32.5 Å². The first-order valence-electron chi connectivity index (χ1n) is 11.2. The molecular formula is C24H26N6O2S. The van der Waals surface area contributed by atoms with E-state index in [-0.39, 0.29) is 5.60 Å². The van der Waals surface area contributed by atoms with Gasteiger partial charge in [0.25, 0.3) is 0 Å². The van der Waals surface area contributed by atoms with E-state index in [0.717, 1.165) is 52.6 Å². The van der Waals surface area contributed by atoms with Crippen LogP contribution in [0.4, 0.5) is 17.3 Å². The quantitative estimate of drug-likeness (QED) is 0.433. The molecule has 0 saturated carbocycles. The highest BCUT2D eigenvalue weighted by atomic mass is 32.1. The molecule has 1 saturated heterocycles. The van der Waals surface area contributed by atoms with Gasteiger partial charge in [-0.25, -0.2) is 15.0 Å². The van der Waals surface area contributed by atoms with Crippen LogP contribution in [0.1, 0.15) is 25.0 Å². The minimum Gasteiger partial charge on any atom is -0.378 e. The van der Waals surface area contributed by atoms with Crippen LogP contribution in [0.5, 0.6) is 0 Å². The van der Waals surface area contributed by atoms with Gasteiger partial charge in [0.2, 0.25) is 0 Å². The van der Waals surface area contributed by atoms with Crippen molar-refractivity contribution in [3.05, 3.63) is 47.8 Å². The summed E-state index contributed by atoms with van der Waals surface area (Å²) in [4.78, 5) is 17.6. The number of pyridine rings is 1. The lowest BCUT2D eigenvalue weighted by Gasteiger charge is -2.36. The summed E-state index contributed by atoms with van der Waals surface area (Å²) in [6, 6.07) is 9.98. The number of benzene rings is 1. The van der Waals surface area contributed by atoms with Gasteiger partial charge in [-0.2, -0.15) is 0 Å². The minimum atomic E-state index is -0.221. The van der Waals surface area contributed by atoms with Crippen molar-refractivity contribution in [2.75, 3.05) is 42.1 Å². The molecule has 0 amide bonds. The number of hydrazine groups is 1. The van der Waals surface area contributed by atoms with Gasteiger partial charge in [-0.15, -0.1) is 11.3 Å². The molecule has 0 bridgehead atoms. The normalized spacial score (nSPS) is 17.8. The van der Waals surface area contributed by atoms with Gasteiger partial charge in [-0.1, -0.05) is 18.2 Å². The van der Waals surface area contributed by atoms with Gasteiger partial charge >= 0.3 is 0 Å². The van der Waals surface area contributed by atoms with Crippen LogP contribution in [0.2, 0.25) is 0 Å². The van der Waals surface area contributed by atoms with E-state index in [1.807, 2.05) is 30.3 Å².